The number of carbonyl (C=O) groups excluding carboxylic acids is 2. The summed E-state index contributed by atoms with van der Waals surface area (Å²) in [4.78, 5) is 22.3. The molecule has 6 heteroatoms. The zero-order valence-electron chi connectivity index (χ0n) is 10.2. The first-order chi connectivity index (χ1) is 8.52. The van der Waals surface area contributed by atoms with Crippen LogP contribution in [0, 0.1) is 0 Å². The van der Waals surface area contributed by atoms with Crippen molar-refractivity contribution in [1.29, 1.82) is 0 Å². The van der Waals surface area contributed by atoms with Crippen molar-refractivity contribution in [3.63, 3.8) is 0 Å². The minimum atomic E-state index is -0.333. The fourth-order valence-electron chi connectivity index (χ4n) is 1.18. The van der Waals surface area contributed by atoms with Gasteiger partial charge in [0.15, 0.2) is 0 Å². The molecule has 0 aliphatic carbocycles. The summed E-state index contributed by atoms with van der Waals surface area (Å²) in [5, 5.41) is 0.316. The average Bonchev–Trinajstić information content (AvgIpc) is 2.80. The van der Waals surface area contributed by atoms with E-state index in [9.17, 15) is 9.59 Å². The number of hydrogen-bond donors (Lipinski definition) is 0. The maximum Gasteiger partial charge on any atom is 0.333 e. The monoisotopic (exact) mass is 368 g/mol. The molecule has 132 valence electrons. The third kappa shape index (κ3) is 11.3. The molecule has 2 unspecified atom stereocenters. The van der Waals surface area contributed by atoms with Crippen LogP contribution < -0.4 is 0 Å². The van der Waals surface area contributed by atoms with Crippen LogP contribution in [0.25, 0.3) is 0 Å². The molecule has 1 rings (SSSR count). The van der Waals surface area contributed by atoms with Gasteiger partial charge in [0, 0.05) is 22.3 Å². The molecule has 0 amide bonds. The largest absolute Gasteiger partial charge is 0.461 e. The molecular formula is C16H32O3S3. The zero-order valence-corrected chi connectivity index (χ0v) is 12.7. The molecule has 3 nitrogen and oxygen atoms in total. The van der Waals surface area contributed by atoms with Gasteiger partial charge in [0.1, 0.15) is 6.61 Å². The van der Waals surface area contributed by atoms with Crippen molar-refractivity contribution in [3.8, 4) is 0 Å². The van der Waals surface area contributed by atoms with E-state index < -0.39 is 0 Å². The maximum absolute atomic E-state index is 11.2. The van der Waals surface area contributed by atoms with E-state index in [-0.39, 0.29) is 40.8 Å². The highest BCUT2D eigenvalue weighted by Crippen LogP contribution is 2.39. The molecule has 1 fully saturated rings. The fourth-order valence-corrected chi connectivity index (χ4v) is 5.38. The summed E-state index contributed by atoms with van der Waals surface area (Å²) in [6.07, 6.45) is 1.33. The smallest absolute Gasteiger partial charge is 0.333 e. The predicted molar refractivity (Wildman–Crippen MR) is 108 cm³/mol. The third-order valence-electron chi connectivity index (χ3n) is 2.09. The van der Waals surface area contributed by atoms with Gasteiger partial charge in [-0.25, -0.2) is 4.79 Å². The Hall–Kier alpha value is -0.330. The highest BCUT2D eigenvalue weighted by molar-refractivity contribution is 8.22. The lowest BCUT2D eigenvalue weighted by atomic mass is 10.4. The molecule has 0 aromatic heterocycles. The quantitative estimate of drug-likeness (QED) is 0.470. The second-order valence-corrected chi connectivity index (χ2v) is 7.80. The van der Waals surface area contributed by atoms with Gasteiger partial charge in [-0.2, -0.15) is 0 Å². The SMILES string of the molecule is C.C.C.C.C=CC(=O)SCC1SCC(COC(=O)C(=C)C)S1. The number of thioether (sulfide) groups is 3. The number of carbonyl (C=O) groups is 2. The van der Waals surface area contributed by atoms with Crippen molar-refractivity contribution >= 4 is 46.4 Å². The van der Waals surface area contributed by atoms with E-state index in [1.165, 1.54) is 17.8 Å². The Labute approximate surface area is 150 Å². The maximum atomic E-state index is 11.2. The van der Waals surface area contributed by atoms with E-state index >= 15 is 0 Å². The summed E-state index contributed by atoms with van der Waals surface area (Å²) in [5.41, 5.74) is 0.425. The first-order valence-corrected chi connectivity index (χ1v) is 8.39. The Balaban J connectivity index is -0.000000405. The number of esters is 1. The molecule has 22 heavy (non-hydrogen) atoms. The van der Waals surface area contributed by atoms with Crippen LogP contribution in [0.5, 0.6) is 0 Å². The lowest BCUT2D eigenvalue weighted by Gasteiger charge is -2.10. The highest BCUT2D eigenvalue weighted by Gasteiger charge is 2.27. The Morgan fingerprint density at radius 2 is 1.91 bits per heavy atom. The van der Waals surface area contributed by atoms with Gasteiger partial charge < -0.3 is 4.74 Å². The number of ether oxygens (including phenoxy) is 1. The molecule has 0 bridgehead atoms. The van der Waals surface area contributed by atoms with Gasteiger partial charge in [-0.1, -0.05) is 54.6 Å². The number of hydrogen-bond acceptors (Lipinski definition) is 6. The molecule has 0 aromatic carbocycles. The van der Waals surface area contributed by atoms with Crippen molar-refractivity contribution in [2.24, 2.45) is 0 Å². The van der Waals surface area contributed by atoms with Gasteiger partial charge in [-0.3, -0.25) is 4.79 Å². The van der Waals surface area contributed by atoms with Crippen LogP contribution in [0.2, 0.25) is 0 Å². The highest BCUT2D eigenvalue weighted by atomic mass is 32.2. The van der Waals surface area contributed by atoms with Crippen molar-refractivity contribution in [2.75, 3.05) is 18.1 Å². The summed E-state index contributed by atoms with van der Waals surface area (Å²) in [6.45, 7) is 9.03. The molecule has 0 aromatic rings. The van der Waals surface area contributed by atoms with Gasteiger partial charge in [0.05, 0.1) is 4.58 Å². The molecule has 0 saturated carbocycles. The minimum absolute atomic E-state index is 0. The molecule has 1 aliphatic heterocycles. The summed E-state index contributed by atoms with van der Waals surface area (Å²) in [7, 11) is 0. The Morgan fingerprint density at radius 1 is 1.32 bits per heavy atom. The van der Waals surface area contributed by atoms with Crippen LogP contribution >= 0.6 is 35.3 Å². The lowest BCUT2D eigenvalue weighted by molar-refractivity contribution is -0.138. The van der Waals surface area contributed by atoms with Gasteiger partial charge in [-0.15, -0.1) is 23.5 Å². The Bertz CT molecular complexity index is 357. The van der Waals surface area contributed by atoms with Crippen LogP contribution in [-0.4, -0.2) is 39.0 Å². The summed E-state index contributed by atoms with van der Waals surface area (Å²) >= 11 is 4.85. The molecule has 0 radical (unpaired) electrons. The Morgan fingerprint density at radius 3 is 2.41 bits per heavy atom. The van der Waals surface area contributed by atoms with Crippen LogP contribution in [0.15, 0.2) is 24.8 Å². The molecule has 0 N–H and O–H groups in total. The van der Waals surface area contributed by atoms with Gasteiger partial charge in [0.2, 0.25) is 5.12 Å². The topological polar surface area (TPSA) is 43.4 Å². The lowest BCUT2D eigenvalue weighted by Crippen LogP contribution is -2.16. The molecule has 1 saturated heterocycles. The Kier molecular flexibility index (Phi) is 21.0. The third-order valence-corrected chi connectivity index (χ3v) is 6.71. The molecule has 0 spiro atoms. The average molecular weight is 369 g/mol. The molecule has 1 heterocycles. The first kappa shape index (κ1) is 29.7. The van der Waals surface area contributed by atoms with Crippen LogP contribution in [0.3, 0.4) is 0 Å². The standard InChI is InChI=1S/C12H16O3S3.4CH4/c1-4-10(13)16-7-11-17-6-9(18-11)5-15-12(14)8(2)3;;;;/h4,9,11H,1-2,5-7H2,3H3;4*1H4. The second-order valence-electron chi connectivity index (χ2n) is 3.73. The van der Waals surface area contributed by atoms with Gasteiger partial charge in [-0.05, 0) is 13.0 Å². The normalized spacial score (nSPS) is 18.4. The van der Waals surface area contributed by atoms with E-state index in [0.717, 1.165) is 11.5 Å². The van der Waals surface area contributed by atoms with Crippen LogP contribution in [0.1, 0.15) is 36.6 Å². The number of rotatable bonds is 6. The second kappa shape index (κ2) is 15.6. The van der Waals surface area contributed by atoms with Crippen molar-refractivity contribution in [1.82, 2.24) is 0 Å². The van der Waals surface area contributed by atoms with Gasteiger partial charge >= 0.3 is 5.97 Å². The van der Waals surface area contributed by atoms with E-state index in [0.29, 0.717) is 22.0 Å². The summed E-state index contributed by atoms with van der Waals surface area (Å²) < 4.78 is 5.50. The molecular weight excluding hydrogens is 336 g/mol. The van der Waals surface area contributed by atoms with E-state index in [1.54, 1.807) is 30.4 Å². The van der Waals surface area contributed by atoms with Crippen LogP contribution in [0.4, 0.5) is 0 Å². The van der Waals surface area contributed by atoms with E-state index in [2.05, 4.69) is 13.2 Å². The molecule has 2 atom stereocenters. The van der Waals surface area contributed by atoms with Crippen LogP contribution in [-0.2, 0) is 14.3 Å². The molecule has 1 aliphatic rings. The fraction of sp³-hybridized carbons (Fsp3) is 0.625. The predicted octanol–water partition coefficient (Wildman–Crippen LogP) is 5.27. The summed E-state index contributed by atoms with van der Waals surface area (Å²) in [5.74, 6) is 1.38. The van der Waals surface area contributed by atoms with E-state index in [4.69, 9.17) is 4.74 Å². The van der Waals surface area contributed by atoms with E-state index in [1.807, 2.05) is 0 Å². The zero-order chi connectivity index (χ0) is 13.5. The van der Waals surface area contributed by atoms with Crippen molar-refractivity contribution < 1.29 is 14.3 Å². The minimum Gasteiger partial charge on any atom is -0.461 e. The first-order valence-electron chi connectivity index (χ1n) is 5.41. The van der Waals surface area contributed by atoms with Crippen molar-refractivity contribution in [3.05, 3.63) is 24.8 Å². The van der Waals surface area contributed by atoms with Crippen molar-refractivity contribution in [2.45, 2.75) is 46.5 Å². The summed E-state index contributed by atoms with van der Waals surface area (Å²) in [6, 6.07) is 0. The van der Waals surface area contributed by atoms with Gasteiger partial charge in [0.25, 0.3) is 0 Å².